The minimum Gasteiger partial charge on any atom is -0.460 e. The van der Waals surface area contributed by atoms with Crippen LogP contribution in [0.2, 0.25) is 0 Å². The Labute approximate surface area is 162 Å². The Balaban J connectivity index is 1.95. The summed E-state index contributed by atoms with van der Waals surface area (Å²) in [6.07, 6.45) is 4.20. The summed E-state index contributed by atoms with van der Waals surface area (Å²) in [5, 5.41) is 0.639. The molecule has 0 aliphatic carbocycles. The van der Waals surface area contributed by atoms with Crippen molar-refractivity contribution in [3.05, 3.63) is 53.2 Å². The third-order valence-electron chi connectivity index (χ3n) is 4.26. The molecule has 0 unspecified atom stereocenters. The van der Waals surface area contributed by atoms with E-state index >= 15 is 0 Å². The fourth-order valence-electron chi connectivity index (χ4n) is 2.95. The van der Waals surface area contributed by atoms with Crippen molar-refractivity contribution in [1.82, 2.24) is 4.90 Å². The van der Waals surface area contributed by atoms with Crippen LogP contribution in [0.5, 0.6) is 0 Å². The Morgan fingerprint density at radius 3 is 2.85 bits per heavy atom. The molecule has 142 valence electrons. The fourth-order valence-corrected chi connectivity index (χ4v) is 3.96. The number of amidine groups is 1. The Bertz CT molecular complexity index is 801. The first kappa shape index (κ1) is 19.4. The second-order valence-electron chi connectivity index (χ2n) is 6.10. The molecule has 0 saturated carbocycles. The molecular weight excluding hydrogens is 364 g/mol. The van der Waals surface area contributed by atoms with E-state index in [1.165, 1.54) is 11.8 Å². The van der Waals surface area contributed by atoms with E-state index in [4.69, 9.17) is 9.47 Å². The number of ether oxygens (including phenoxy) is 2. The molecule has 1 amide bonds. The van der Waals surface area contributed by atoms with Crippen molar-refractivity contribution in [1.29, 1.82) is 0 Å². The molecule has 7 heteroatoms. The summed E-state index contributed by atoms with van der Waals surface area (Å²) in [7, 11) is 1.55. The lowest BCUT2D eigenvalue weighted by molar-refractivity contribution is -0.141. The van der Waals surface area contributed by atoms with Gasteiger partial charge in [0.25, 0.3) is 0 Å². The quantitative estimate of drug-likeness (QED) is 0.555. The molecule has 2 heterocycles. The summed E-state index contributed by atoms with van der Waals surface area (Å²) in [6, 6.07) is 9.22. The average molecular weight is 386 g/mol. The van der Waals surface area contributed by atoms with Gasteiger partial charge in [-0.3, -0.25) is 9.69 Å². The van der Waals surface area contributed by atoms with Gasteiger partial charge in [0.15, 0.2) is 5.17 Å². The molecule has 0 aromatic heterocycles. The Hall–Kier alpha value is -2.38. The van der Waals surface area contributed by atoms with Crippen molar-refractivity contribution in [3.63, 3.8) is 0 Å². The molecule has 0 N–H and O–H groups in total. The van der Waals surface area contributed by atoms with Gasteiger partial charge in [-0.2, -0.15) is 0 Å². The number of aliphatic imine (C=N–C) groups is 1. The SMILES string of the molecule is COCCOC(=O)C1=C(C)N=C2SCCC(=O)N2[C@H]1C=Cc1ccccc1. The van der Waals surface area contributed by atoms with E-state index in [1.807, 2.05) is 42.5 Å². The molecule has 2 aliphatic heterocycles. The van der Waals surface area contributed by atoms with Gasteiger partial charge in [0.2, 0.25) is 5.91 Å². The first-order chi connectivity index (χ1) is 13.1. The maximum absolute atomic E-state index is 12.7. The van der Waals surface area contributed by atoms with Crippen molar-refractivity contribution in [3.8, 4) is 0 Å². The normalized spacial score (nSPS) is 19.9. The Morgan fingerprint density at radius 1 is 1.33 bits per heavy atom. The average Bonchev–Trinajstić information content (AvgIpc) is 2.66. The smallest absolute Gasteiger partial charge is 0.338 e. The lowest BCUT2D eigenvalue weighted by atomic mass is 10.00. The third-order valence-corrected chi connectivity index (χ3v) is 5.21. The van der Waals surface area contributed by atoms with Gasteiger partial charge in [0.05, 0.1) is 23.9 Å². The largest absolute Gasteiger partial charge is 0.460 e. The number of nitrogens with zero attached hydrogens (tertiary/aromatic N) is 2. The van der Waals surface area contributed by atoms with E-state index in [-0.39, 0.29) is 12.5 Å². The third kappa shape index (κ3) is 4.48. The molecule has 1 aromatic rings. The van der Waals surface area contributed by atoms with Crippen molar-refractivity contribution in [2.24, 2.45) is 4.99 Å². The zero-order valence-corrected chi connectivity index (χ0v) is 16.2. The molecule has 1 aromatic carbocycles. The number of fused-ring (bicyclic) bond motifs is 1. The number of methoxy groups -OCH3 is 1. The van der Waals surface area contributed by atoms with Crippen LogP contribution >= 0.6 is 11.8 Å². The highest BCUT2D eigenvalue weighted by atomic mass is 32.2. The summed E-state index contributed by atoms with van der Waals surface area (Å²) in [5.41, 5.74) is 1.95. The molecule has 3 rings (SSSR count). The second kappa shape index (κ2) is 9.01. The van der Waals surface area contributed by atoms with Gasteiger partial charge in [-0.15, -0.1) is 0 Å². The fraction of sp³-hybridized carbons (Fsp3) is 0.350. The van der Waals surface area contributed by atoms with E-state index < -0.39 is 12.0 Å². The van der Waals surface area contributed by atoms with E-state index in [0.29, 0.717) is 35.2 Å². The van der Waals surface area contributed by atoms with Crippen molar-refractivity contribution < 1.29 is 19.1 Å². The summed E-state index contributed by atoms with van der Waals surface area (Å²) >= 11 is 1.53. The highest BCUT2D eigenvalue weighted by molar-refractivity contribution is 8.14. The predicted molar refractivity (Wildman–Crippen MR) is 106 cm³/mol. The molecule has 27 heavy (non-hydrogen) atoms. The van der Waals surface area contributed by atoms with Crippen LogP contribution in [0.15, 0.2) is 52.7 Å². The maximum Gasteiger partial charge on any atom is 0.338 e. The number of thioether (sulfide) groups is 1. The topological polar surface area (TPSA) is 68.2 Å². The number of esters is 1. The number of carbonyl (C=O) groups is 2. The Morgan fingerprint density at radius 2 is 2.11 bits per heavy atom. The van der Waals surface area contributed by atoms with Gasteiger partial charge in [0.1, 0.15) is 6.61 Å². The van der Waals surface area contributed by atoms with Gasteiger partial charge < -0.3 is 9.47 Å². The van der Waals surface area contributed by atoms with Crippen LogP contribution in [0.4, 0.5) is 0 Å². The highest BCUT2D eigenvalue weighted by Gasteiger charge is 2.39. The number of hydrogen-bond acceptors (Lipinski definition) is 6. The number of carbonyl (C=O) groups excluding carboxylic acids is 2. The molecule has 0 spiro atoms. The zero-order chi connectivity index (χ0) is 19.2. The first-order valence-corrected chi connectivity index (χ1v) is 9.74. The van der Waals surface area contributed by atoms with Crippen LogP contribution in [0.25, 0.3) is 6.08 Å². The van der Waals surface area contributed by atoms with Crippen molar-refractivity contribution >= 4 is 34.9 Å². The van der Waals surface area contributed by atoms with Gasteiger partial charge in [-0.1, -0.05) is 54.2 Å². The number of benzene rings is 1. The van der Waals surface area contributed by atoms with Crippen LogP contribution in [-0.4, -0.2) is 54.1 Å². The van der Waals surface area contributed by atoms with E-state index in [1.54, 1.807) is 18.9 Å². The highest BCUT2D eigenvalue weighted by Crippen LogP contribution is 2.32. The molecule has 6 nitrogen and oxygen atoms in total. The van der Waals surface area contributed by atoms with E-state index in [2.05, 4.69) is 4.99 Å². The molecular formula is C20H22N2O4S. The molecule has 2 aliphatic rings. The summed E-state index contributed by atoms with van der Waals surface area (Å²) in [6.45, 7) is 2.25. The summed E-state index contributed by atoms with van der Waals surface area (Å²) < 4.78 is 10.3. The van der Waals surface area contributed by atoms with E-state index in [9.17, 15) is 9.59 Å². The lowest BCUT2D eigenvalue weighted by Gasteiger charge is -2.37. The monoisotopic (exact) mass is 386 g/mol. The molecule has 0 radical (unpaired) electrons. The van der Waals surface area contributed by atoms with Crippen molar-refractivity contribution in [2.45, 2.75) is 19.4 Å². The molecule has 1 atom stereocenters. The van der Waals surface area contributed by atoms with Gasteiger partial charge >= 0.3 is 5.97 Å². The van der Waals surface area contributed by atoms with Crippen LogP contribution < -0.4 is 0 Å². The second-order valence-corrected chi connectivity index (χ2v) is 7.16. The van der Waals surface area contributed by atoms with Crippen LogP contribution in [0.3, 0.4) is 0 Å². The minimum absolute atomic E-state index is 0.0371. The van der Waals surface area contributed by atoms with Gasteiger partial charge in [-0.25, -0.2) is 9.79 Å². The van der Waals surface area contributed by atoms with Crippen LogP contribution in [0.1, 0.15) is 18.9 Å². The molecule has 0 bridgehead atoms. The first-order valence-electron chi connectivity index (χ1n) is 8.75. The Kier molecular flexibility index (Phi) is 6.47. The van der Waals surface area contributed by atoms with Gasteiger partial charge in [0, 0.05) is 19.3 Å². The summed E-state index contributed by atoms with van der Waals surface area (Å²) in [4.78, 5) is 31.4. The molecule has 1 saturated heterocycles. The number of rotatable bonds is 6. The molecule has 1 fully saturated rings. The predicted octanol–water partition coefficient (Wildman–Crippen LogP) is 2.87. The van der Waals surface area contributed by atoms with Crippen LogP contribution in [0, 0.1) is 0 Å². The van der Waals surface area contributed by atoms with Crippen LogP contribution in [-0.2, 0) is 19.1 Å². The van der Waals surface area contributed by atoms with Crippen molar-refractivity contribution in [2.75, 3.05) is 26.1 Å². The zero-order valence-electron chi connectivity index (χ0n) is 15.4. The minimum atomic E-state index is -0.534. The van der Waals surface area contributed by atoms with Gasteiger partial charge in [-0.05, 0) is 12.5 Å². The number of allylic oxidation sites excluding steroid dienone is 1. The van der Waals surface area contributed by atoms with E-state index in [0.717, 1.165) is 5.56 Å². The standard InChI is InChI=1S/C20H22N2O4S/c1-14-18(19(24)26-12-11-25-2)16(9-8-15-6-4-3-5-7-15)22-17(23)10-13-27-20(22)21-14/h3-9,16H,10-13H2,1-2H3/t16-/m0/s1. The lowest BCUT2D eigenvalue weighted by Crippen LogP contribution is -2.49. The maximum atomic E-state index is 12.7. The summed E-state index contributed by atoms with van der Waals surface area (Å²) in [5.74, 6) is 0.188. The number of hydrogen-bond donors (Lipinski definition) is 0. The number of amides is 1.